The van der Waals surface area contributed by atoms with E-state index >= 15 is 0 Å². The standard InChI is InChI=1S/C17H31N3S/c1-5-7-15-17(21-20-19-15)16(18-8-6-2)14-10-12(3)9-13(4)11-14/h12-14,16,18H,5-11H2,1-4H3. The van der Waals surface area contributed by atoms with E-state index in [1.54, 1.807) is 11.5 Å². The van der Waals surface area contributed by atoms with Gasteiger partial charge in [-0.15, -0.1) is 5.10 Å². The molecular formula is C17H31N3S. The van der Waals surface area contributed by atoms with Crippen molar-refractivity contribution in [1.82, 2.24) is 14.9 Å². The molecule has 0 bridgehead atoms. The molecule has 4 heteroatoms. The number of hydrogen-bond donors (Lipinski definition) is 1. The molecular weight excluding hydrogens is 278 g/mol. The Morgan fingerprint density at radius 3 is 2.48 bits per heavy atom. The van der Waals surface area contributed by atoms with Gasteiger partial charge in [0, 0.05) is 6.04 Å². The van der Waals surface area contributed by atoms with E-state index < -0.39 is 0 Å². The third-order valence-electron chi connectivity index (χ3n) is 4.66. The maximum atomic E-state index is 4.40. The minimum Gasteiger partial charge on any atom is -0.309 e. The Hall–Kier alpha value is -0.480. The van der Waals surface area contributed by atoms with E-state index in [2.05, 4.69) is 42.6 Å². The van der Waals surface area contributed by atoms with Gasteiger partial charge in [-0.25, -0.2) is 0 Å². The summed E-state index contributed by atoms with van der Waals surface area (Å²) in [6.45, 7) is 10.4. The normalized spacial score (nSPS) is 27.7. The highest BCUT2D eigenvalue weighted by molar-refractivity contribution is 7.05. The number of hydrogen-bond acceptors (Lipinski definition) is 4. The highest BCUT2D eigenvalue weighted by atomic mass is 32.1. The zero-order valence-corrected chi connectivity index (χ0v) is 14.9. The number of nitrogens with zero attached hydrogens (tertiary/aromatic N) is 2. The maximum Gasteiger partial charge on any atom is 0.0803 e. The summed E-state index contributed by atoms with van der Waals surface area (Å²) in [4.78, 5) is 1.41. The van der Waals surface area contributed by atoms with Crippen LogP contribution in [0.25, 0.3) is 0 Å². The van der Waals surface area contributed by atoms with Gasteiger partial charge in [0.1, 0.15) is 0 Å². The number of aryl methyl sites for hydroxylation is 1. The Balaban J connectivity index is 2.18. The largest absolute Gasteiger partial charge is 0.309 e. The van der Waals surface area contributed by atoms with Crippen LogP contribution in [0.1, 0.15) is 76.4 Å². The Kier molecular flexibility index (Phi) is 6.62. The zero-order valence-electron chi connectivity index (χ0n) is 14.1. The molecule has 0 radical (unpaired) electrons. The summed E-state index contributed by atoms with van der Waals surface area (Å²) in [6, 6.07) is 0.469. The Morgan fingerprint density at radius 1 is 1.14 bits per heavy atom. The average Bonchev–Trinajstić information content (AvgIpc) is 2.87. The summed E-state index contributed by atoms with van der Waals surface area (Å²) in [5.74, 6) is 2.44. The van der Waals surface area contributed by atoms with Gasteiger partial charge in [-0.05, 0) is 67.9 Å². The van der Waals surface area contributed by atoms with Crippen LogP contribution in [0.3, 0.4) is 0 Å². The zero-order chi connectivity index (χ0) is 15.2. The molecule has 1 aromatic rings. The first-order chi connectivity index (χ1) is 10.2. The van der Waals surface area contributed by atoms with Crippen LogP contribution < -0.4 is 5.32 Å². The molecule has 1 aromatic heterocycles. The van der Waals surface area contributed by atoms with Crippen molar-refractivity contribution >= 4 is 11.5 Å². The predicted molar refractivity (Wildman–Crippen MR) is 90.6 cm³/mol. The number of nitrogens with one attached hydrogen (secondary N) is 1. The molecule has 0 aliphatic heterocycles. The lowest BCUT2D eigenvalue weighted by Gasteiger charge is -2.36. The van der Waals surface area contributed by atoms with Crippen molar-refractivity contribution in [1.29, 1.82) is 0 Å². The molecule has 1 N–H and O–H groups in total. The van der Waals surface area contributed by atoms with E-state index in [1.807, 2.05) is 0 Å². The minimum atomic E-state index is 0.469. The lowest BCUT2D eigenvalue weighted by molar-refractivity contribution is 0.177. The summed E-state index contributed by atoms with van der Waals surface area (Å²) >= 11 is 1.62. The molecule has 1 fully saturated rings. The molecule has 3 unspecified atom stereocenters. The summed E-state index contributed by atoms with van der Waals surface area (Å²) in [5, 5.41) is 8.21. The Labute approximate surface area is 134 Å². The molecule has 3 atom stereocenters. The molecule has 1 saturated carbocycles. The Bertz CT molecular complexity index is 408. The van der Waals surface area contributed by atoms with Crippen LogP contribution in [0.15, 0.2) is 0 Å². The monoisotopic (exact) mass is 309 g/mol. The van der Waals surface area contributed by atoms with Crippen molar-refractivity contribution in [3.05, 3.63) is 10.6 Å². The van der Waals surface area contributed by atoms with Crippen molar-refractivity contribution in [2.24, 2.45) is 17.8 Å². The topological polar surface area (TPSA) is 37.8 Å². The highest BCUT2D eigenvalue weighted by Gasteiger charge is 2.32. The molecule has 0 spiro atoms. The van der Waals surface area contributed by atoms with Crippen molar-refractivity contribution in [3.63, 3.8) is 0 Å². The average molecular weight is 310 g/mol. The summed E-state index contributed by atoms with van der Waals surface area (Å²) in [6.07, 6.45) is 7.47. The van der Waals surface area contributed by atoms with E-state index in [1.165, 1.54) is 36.3 Å². The highest BCUT2D eigenvalue weighted by Crippen LogP contribution is 2.41. The van der Waals surface area contributed by atoms with Gasteiger partial charge in [0.05, 0.1) is 10.6 Å². The van der Waals surface area contributed by atoms with Crippen molar-refractivity contribution in [3.8, 4) is 0 Å². The first-order valence-electron chi connectivity index (χ1n) is 8.70. The van der Waals surface area contributed by atoms with Gasteiger partial charge >= 0.3 is 0 Å². The van der Waals surface area contributed by atoms with Gasteiger partial charge in [-0.1, -0.05) is 38.6 Å². The maximum absolute atomic E-state index is 4.40. The molecule has 120 valence electrons. The lowest BCUT2D eigenvalue weighted by atomic mass is 9.73. The van der Waals surface area contributed by atoms with E-state index in [0.717, 1.165) is 37.1 Å². The van der Waals surface area contributed by atoms with Crippen LogP contribution in [0.5, 0.6) is 0 Å². The molecule has 0 saturated heterocycles. The second-order valence-corrected chi connectivity index (χ2v) is 7.73. The lowest BCUT2D eigenvalue weighted by Crippen LogP contribution is -2.33. The van der Waals surface area contributed by atoms with Gasteiger partial charge in [0.15, 0.2) is 0 Å². The van der Waals surface area contributed by atoms with Crippen molar-refractivity contribution in [2.45, 2.75) is 72.3 Å². The number of rotatable bonds is 7. The van der Waals surface area contributed by atoms with Gasteiger partial charge in [-0.2, -0.15) is 0 Å². The van der Waals surface area contributed by atoms with Crippen LogP contribution in [-0.2, 0) is 6.42 Å². The van der Waals surface area contributed by atoms with Crippen molar-refractivity contribution in [2.75, 3.05) is 6.54 Å². The summed E-state index contributed by atoms with van der Waals surface area (Å²) < 4.78 is 4.25. The fourth-order valence-electron chi connectivity index (χ4n) is 3.92. The van der Waals surface area contributed by atoms with E-state index in [-0.39, 0.29) is 0 Å². The molecule has 1 heterocycles. The van der Waals surface area contributed by atoms with Gasteiger partial charge in [0.25, 0.3) is 0 Å². The van der Waals surface area contributed by atoms with E-state index in [0.29, 0.717) is 6.04 Å². The molecule has 21 heavy (non-hydrogen) atoms. The van der Waals surface area contributed by atoms with Crippen LogP contribution in [0.2, 0.25) is 0 Å². The van der Waals surface area contributed by atoms with Crippen LogP contribution in [0, 0.1) is 17.8 Å². The Morgan fingerprint density at radius 2 is 1.86 bits per heavy atom. The smallest absolute Gasteiger partial charge is 0.0803 e. The molecule has 3 nitrogen and oxygen atoms in total. The quantitative estimate of drug-likeness (QED) is 0.799. The third kappa shape index (κ3) is 4.49. The van der Waals surface area contributed by atoms with Crippen molar-refractivity contribution < 1.29 is 0 Å². The fraction of sp³-hybridized carbons (Fsp3) is 0.882. The van der Waals surface area contributed by atoms with E-state index in [4.69, 9.17) is 0 Å². The van der Waals surface area contributed by atoms with Crippen LogP contribution >= 0.6 is 11.5 Å². The third-order valence-corrected chi connectivity index (χ3v) is 5.50. The number of aromatic nitrogens is 2. The van der Waals surface area contributed by atoms with Crippen LogP contribution in [-0.4, -0.2) is 16.1 Å². The van der Waals surface area contributed by atoms with Gasteiger partial charge in [-0.3, -0.25) is 0 Å². The fourth-order valence-corrected chi connectivity index (χ4v) is 4.78. The first-order valence-corrected chi connectivity index (χ1v) is 9.47. The molecule has 0 amide bonds. The summed E-state index contributed by atoms with van der Waals surface area (Å²) in [5.41, 5.74) is 1.24. The predicted octanol–water partition coefficient (Wildman–Crippen LogP) is 4.60. The summed E-state index contributed by atoms with van der Waals surface area (Å²) in [7, 11) is 0. The second kappa shape index (κ2) is 8.23. The van der Waals surface area contributed by atoms with Gasteiger partial charge in [0.2, 0.25) is 0 Å². The second-order valence-electron chi connectivity index (χ2n) is 6.94. The molecule has 1 aliphatic rings. The van der Waals surface area contributed by atoms with E-state index in [9.17, 15) is 0 Å². The SMILES string of the molecule is CCCNC(c1snnc1CCC)C1CC(C)CC(C)C1. The first kappa shape index (κ1) is 16.9. The molecule has 2 rings (SSSR count). The van der Waals surface area contributed by atoms with Crippen LogP contribution in [0.4, 0.5) is 0 Å². The van der Waals surface area contributed by atoms with Gasteiger partial charge < -0.3 is 5.32 Å². The molecule has 1 aliphatic carbocycles. The minimum absolute atomic E-state index is 0.469. The molecule has 0 aromatic carbocycles.